The van der Waals surface area contributed by atoms with Crippen LogP contribution in [0.2, 0.25) is 0 Å². The number of ether oxygens (including phenoxy) is 3. The molecule has 3 rings (SSSR count). The Bertz CT molecular complexity index is 1060. The average molecular weight is 475 g/mol. The number of carbonyl (C=O) groups excluding carboxylic acids is 2. The highest BCUT2D eigenvalue weighted by Gasteiger charge is 2.24. The number of morpholine rings is 1. The van der Waals surface area contributed by atoms with Gasteiger partial charge in [0.05, 0.1) is 30.8 Å². The number of nitro groups is 1. The first kappa shape index (κ1) is 24.9. The molecule has 0 bridgehead atoms. The second kappa shape index (κ2) is 11.4. The van der Waals surface area contributed by atoms with Gasteiger partial charge >= 0.3 is 5.97 Å². The fourth-order valence-corrected chi connectivity index (χ4v) is 3.58. The summed E-state index contributed by atoms with van der Waals surface area (Å²) >= 11 is 0. The molecule has 1 aliphatic heterocycles. The normalized spacial score (nSPS) is 13.3. The fourth-order valence-electron chi connectivity index (χ4n) is 3.58. The third kappa shape index (κ3) is 5.98. The molecule has 0 atom stereocenters. The standard InChI is InChI=1S/C23H26FN3O7/c1-3-25(14-16-4-7-21(32-2)18(24)12-16)22(28)15-34-23(29)17-5-6-19(20(13-17)27(30)31)26-8-10-33-11-9-26/h4-7,12-13H,3,8-11,14-15H2,1-2H3. The number of anilines is 1. The van der Waals surface area contributed by atoms with Crippen molar-refractivity contribution in [3.63, 3.8) is 0 Å². The van der Waals surface area contributed by atoms with Gasteiger partial charge in [-0.3, -0.25) is 14.9 Å². The van der Waals surface area contributed by atoms with Crippen LogP contribution in [-0.2, 0) is 20.8 Å². The summed E-state index contributed by atoms with van der Waals surface area (Å²) < 4.78 is 29.2. The summed E-state index contributed by atoms with van der Waals surface area (Å²) in [7, 11) is 1.36. The predicted octanol–water partition coefficient (Wildman–Crippen LogP) is 2.78. The fraction of sp³-hybridized carbons (Fsp3) is 0.391. The van der Waals surface area contributed by atoms with Crippen molar-refractivity contribution in [1.82, 2.24) is 4.90 Å². The van der Waals surface area contributed by atoms with Crippen molar-refractivity contribution in [1.29, 1.82) is 0 Å². The molecule has 10 nitrogen and oxygen atoms in total. The Hall–Kier alpha value is -3.73. The van der Waals surface area contributed by atoms with Crippen LogP contribution in [0.15, 0.2) is 36.4 Å². The highest BCUT2D eigenvalue weighted by atomic mass is 19.1. The average Bonchev–Trinajstić information content (AvgIpc) is 2.85. The number of nitro benzene ring substituents is 1. The lowest BCUT2D eigenvalue weighted by Gasteiger charge is -2.28. The molecular formula is C23H26FN3O7. The van der Waals surface area contributed by atoms with Crippen LogP contribution in [0.3, 0.4) is 0 Å². The Morgan fingerprint density at radius 1 is 1.21 bits per heavy atom. The van der Waals surface area contributed by atoms with Crippen LogP contribution in [0.5, 0.6) is 5.75 Å². The predicted molar refractivity (Wildman–Crippen MR) is 120 cm³/mol. The van der Waals surface area contributed by atoms with Crippen LogP contribution in [0.25, 0.3) is 0 Å². The van der Waals surface area contributed by atoms with Gasteiger partial charge in [0.2, 0.25) is 0 Å². The van der Waals surface area contributed by atoms with Gasteiger partial charge < -0.3 is 24.0 Å². The Morgan fingerprint density at radius 2 is 1.94 bits per heavy atom. The van der Waals surface area contributed by atoms with Gasteiger partial charge in [-0.1, -0.05) is 6.07 Å². The van der Waals surface area contributed by atoms with Crippen molar-refractivity contribution in [3.05, 3.63) is 63.5 Å². The zero-order chi connectivity index (χ0) is 24.7. The van der Waals surface area contributed by atoms with Crippen molar-refractivity contribution < 1.29 is 33.1 Å². The Balaban J connectivity index is 1.64. The summed E-state index contributed by atoms with van der Waals surface area (Å²) in [4.78, 5) is 39.3. The molecule has 1 heterocycles. The molecule has 182 valence electrons. The second-order valence-electron chi connectivity index (χ2n) is 7.51. The third-order valence-electron chi connectivity index (χ3n) is 5.41. The van der Waals surface area contributed by atoms with Crippen molar-refractivity contribution in [2.45, 2.75) is 13.5 Å². The van der Waals surface area contributed by atoms with Crippen molar-refractivity contribution in [2.75, 3.05) is 51.5 Å². The molecule has 0 aromatic heterocycles. The van der Waals surface area contributed by atoms with Gasteiger partial charge in [0.15, 0.2) is 18.2 Å². The molecule has 0 unspecified atom stereocenters. The molecule has 0 saturated carbocycles. The molecule has 0 aliphatic carbocycles. The Morgan fingerprint density at radius 3 is 2.56 bits per heavy atom. The van der Waals surface area contributed by atoms with Crippen LogP contribution < -0.4 is 9.64 Å². The lowest BCUT2D eigenvalue weighted by Crippen LogP contribution is -2.36. The molecule has 1 aliphatic rings. The first-order chi connectivity index (χ1) is 16.3. The summed E-state index contributed by atoms with van der Waals surface area (Å²) in [6, 6.07) is 8.46. The summed E-state index contributed by atoms with van der Waals surface area (Å²) in [6.07, 6.45) is 0. The molecule has 0 N–H and O–H groups in total. The summed E-state index contributed by atoms with van der Waals surface area (Å²) in [6.45, 7) is 3.55. The van der Waals surface area contributed by atoms with Crippen molar-refractivity contribution >= 4 is 23.3 Å². The number of amides is 1. The van der Waals surface area contributed by atoms with E-state index in [-0.39, 0.29) is 23.5 Å². The molecule has 2 aromatic rings. The van der Waals surface area contributed by atoms with Crippen LogP contribution >= 0.6 is 0 Å². The lowest BCUT2D eigenvalue weighted by atomic mass is 10.1. The number of rotatable bonds is 9. The number of nitrogens with zero attached hydrogens (tertiary/aromatic N) is 3. The van der Waals surface area contributed by atoms with Gasteiger partial charge in [-0.2, -0.15) is 0 Å². The van der Waals surface area contributed by atoms with E-state index in [1.165, 1.54) is 36.3 Å². The van der Waals surface area contributed by atoms with Crippen molar-refractivity contribution in [3.8, 4) is 5.75 Å². The van der Waals surface area contributed by atoms with E-state index < -0.39 is 29.2 Å². The summed E-state index contributed by atoms with van der Waals surface area (Å²) in [5.41, 5.74) is 0.690. The maximum absolute atomic E-state index is 13.9. The second-order valence-corrected chi connectivity index (χ2v) is 7.51. The van der Waals surface area contributed by atoms with Gasteiger partial charge in [-0.15, -0.1) is 0 Å². The van der Waals surface area contributed by atoms with E-state index in [2.05, 4.69) is 0 Å². The summed E-state index contributed by atoms with van der Waals surface area (Å²) in [5.74, 6) is -1.78. The first-order valence-corrected chi connectivity index (χ1v) is 10.7. The molecule has 11 heteroatoms. The topological polar surface area (TPSA) is 111 Å². The summed E-state index contributed by atoms with van der Waals surface area (Å²) in [5, 5.41) is 11.6. The van der Waals surface area contributed by atoms with Crippen LogP contribution in [-0.4, -0.2) is 68.3 Å². The highest BCUT2D eigenvalue weighted by molar-refractivity contribution is 5.93. The quantitative estimate of drug-likeness (QED) is 0.309. The van der Waals surface area contributed by atoms with Crippen LogP contribution in [0.4, 0.5) is 15.8 Å². The zero-order valence-corrected chi connectivity index (χ0v) is 19.0. The number of halogens is 1. The van der Waals surface area contributed by atoms with E-state index in [1.807, 2.05) is 4.90 Å². The van der Waals surface area contributed by atoms with E-state index in [0.717, 1.165) is 6.07 Å². The zero-order valence-electron chi connectivity index (χ0n) is 19.0. The number of hydrogen-bond donors (Lipinski definition) is 0. The van der Waals surface area contributed by atoms with Gasteiger partial charge in [-0.05, 0) is 36.8 Å². The highest BCUT2D eigenvalue weighted by Crippen LogP contribution is 2.30. The minimum Gasteiger partial charge on any atom is -0.494 e. The number of carbonyl (C=O) groups is 2. The van der Waals surface area contributed by atoms with Gasteiger partial charge in [0.1, 0.15) is 5.69 Å². The first-order valence-electron chi connectivity index (χ1n) is 10.7. The van der Waals surface area contributed by atoms with Crippen LogP contribution in [0, 0.1) is 15.9 Å². The number of benzene rings is 2. The van der Waals surface area contributed by atoms with Crippen molar-refractivity contribution in [2.24, 2.45) is 0 Å². The van der Waals surface area contributed by atoms with E-state index in [9.17, 15) is 24.1 Å². The van der Waals surface area contributed by atoms with Gasteiger partial charge in [0.25, 0.3) is 11.6 Å². The molecule has 2 aromatic carbocycles. The van der Waals surface area contributed by atoms with E-state index in [0.29, 0.717) is 44.1 Å². The maximum atomic E-state index is 13.9. The monoisotopic (exact) mass is 475 g/mol. The molecule has 1 fully saturated rings. The largest absolute Gasteiger partial charge is 0.494 e. The van der Waals surface area contributed by atoms with Gasteiger partial charge in [-0.25, -0.2) is 9.18 Å². The van der Waals surface area contributed by atoms with Gasteiger partial charge in [0, 0.05) is 32.2 Å². The number of likely N-dealkylation sites (N-methyl/N-ethyl adjacent to an activating group) is 1. The molecule has 34 heavy (non-hydrogen) atoms. The third-order valence-corrected chi connectivity index (χ3v) is 5.41. The molecular weight excluding hydrogens is 449 g/mol. The number of esters is 1. The Labute approximate surface area is 195 Å². The minimum atomic E-state index is -0.850. The molecule has 0 radical (unpaired) electrons. The maximum Gasteiger partial charge on any atom is 0.338 e. The van der Waals surface area contributed by atoms with E-state index >= 15 is 0 Å². The number of hydrogen-bond acceptors (Lipinski definition) is 8. The van der Waals surface area contributed by atoms with E-state index in [1.54, 1.807) is 13.0 Å². The minimum absolute atomic E-state index is 0.0308. The molecule has 1 amide bonds. The SMILES string of the molecule is CCN(Cc1ccc(OC)c(F)c1)C(=O)COC(=O)c1ccc(N2CCOCC2)c([N+](=O)[O-])c1. The molecule has 1 saturated heterocycles. The van der Waals surface area contributed by atoms with Crippen LogP contribution in [0.1, 0.15) is 22.8 Å². The number of methoxy groups -OCH3 is 1. The smallest absolute Gasteiger partial charge is 0.338 e. The lowest BCUT2D eigenvalue weighted by molar-refractivity contribution is -0.384. The Kier molecular flexibility index (Phi) is 8.36. The van der Waals surface area contributed by atoms with E-state index in [4.69, 9.17) is 14.2 Å². The molecule has 0 spiro atoms.